The standard InChI is InChI=1S/C13H17NO2/c1-10(15)8-9-12-6-4-5-7-13(12)11(2)14-16-3/h4-7H,8-9H2,1-3H3/b14-11+. The predicted molar refractivity (Wildman–Crippen MR) is 64.7 cm³/mol. The average molecular weight is 219 g/mol. The number of aryl methyl sites for hydroxylation is 1. The van der Waals surface area contributed by atoms with Crippen LogP contribution in [0.25, 0.3) is 0 Å². The summed E-state index contributed by atoms with van der Waals surface area (Å²) in [5.41, 5.74) is 3.02. The Morgan fingerprint density at radius 2 is 2.00 bits per heavy atom. The predicted octanol–water partition coefficient (Wildman–Crippen LogP) is 2.58. The molecule has 0 N–H and O–H groups in total. The molecule has 0 heterocycles. The molecule has 0 atom stereocenters. The van der Waals surface area contributed by atoms with Crippen LogP contribution >= 0.6 is 0 Å². The molecule has 16 heavy (non-hydrogen) atoms. The number of benzene rings is 1. The monoisotopic (exact) mass is 219 g/mol. The molecule has 0 amide bonds. The second-order valence-corrected chi connectivity index (χ2v) is 3.72. The summed E-state index contributed by atoms with van der Waals surface area (Å²) in [6, 6.07) is 7.95. The molecule has 0 fully saturated rings. The van der Waals surface area contributed by atoms with Gasteiger partial charge in [-0.2, -0.15) is 0 Å². The quantitative estimate of drug-likeness (QED) is 0.564. The first-order chi connectivity index (χ1) is 7.65. The summed E-state index contributed by atoms with van der Waals surface area (Å²) in [6.45, 7) is 3.51. The smallest absolute Gasteiger partial charge is 0.130 e. The lowest BCUT2D eigenvalue weighted by molar-refractivity contribution is -0.116. The van der Waals surface area contributed by atoms with E-state index in [1.54, 1.807) is 6.92 Å². The zero-order chi connectivity index (χ0) is 12.0. The van der Waals surface area contributed by atoms with E-state index in [1.165, 1.54) is 7.11 Å². The molecule has 0 aliphatic carbocycles. The summed E-state index contributed by atoms with van der Waals surface area (Å²) in [5.74, 6) is 0.205. The van der Waals surface area contributed by atoms with Crippen LogP contribution in [0.1, 0.15) is 31.4 Å². The Hall–Kier alpha value is -1.64. The van der Waals surface area contributed by atoms with Crippen molar-refractivity contribution in [3.05, 3.63) is 35.4 Å². The van der Waals surface area contributed by atoms with Gasteiger partial charge in [-0.3, -0.25) is 0 Å². The van der Waals surface area contributed by atoms with E-state index in [4.69, 9.17) is 4.84 Å². The molecule has 3 nitrogen and oxygen atoms in total. The highest BCUT2D eigenvalue weighted by atomic mass is 16.6. The maximum absolute atomic E-state index is 11.0. The van der Waals surface area contributed by atoms with Gasteiger partial charge in [0.2, 0.25) is 0 Å². The fraction of sp³-hybridized carbons (Fsp3) is 0.385. The summed E-state index contributed by atoms with van der Waals surface area (Å²) in [5, 5.41) is 3.91. The summed E-state index contributed by atoms with van der Waals surface area (Å²) in [7, 11) is 1.53. The first-order valence-electron chi connectivity index (χ1n) is 5.30. The van der Waals surface area contributed by atoms with E-state index in [2.05, 4.69) is 5.16 Å². The largest absolute Gasteiger partial charge is 0.399 e. The number of hydrogen-bond donors (Lipinski definition) is 0. The number of carbonyl (C=O) groups is 1. The van der Waals surface area contributed by atoms with E-state index in [1.807, 2.05) is 31.2 Å². The third-order valence-corrected chi connectivity index (χ3v) is 2.38. The van der Waals surface area contributed by atoms with Crippen LogP contribution in [-0.2, 0) is 16.1 Å². The summed E-state index contributed by atoms with van der Waals surface area (Å²) in [4.78, 5) is 15.7. The number of nitrogens with zero attached hydrogens (tertiary/aromatic N) is 1. The van der Waals surface area contributed by atoms with Crippen LogP contribution in [0.5, 0.6) is 0 Å². The summed E-state index contributed by atoms with van der Waals surface area (Å²) in [6.07, 6.45) is 1.32. The van der Waals surface area contributed by atoms with Gasteiger partial charge in [0, 0.05) is 12.0 Å². The summed E-state index contributed by atoms with van der Waals surface area (Å²) >= 11 is 0. The molecule has 0 radical (unpaired) electrons. The third-order valence-electron chi connectivity index (χ3n) is 2.38. The van der Waals surface area contributed by atoms with Gasteiger partial charge in [0.1, 0.15) is 12.9 Å². The van der Waals surface area contributed by atoms with Gasteiger partial charge >= 0.3 is 0 Å². The summed E-state index contributed by atoms with van der Waals surface area (Å²) < 4.78 is 0. The van der Waals surface area contributed by atoms with Gasteiger partial charge in [-0.25, -0.2) is 0 Å². The number of rotatable bonds is 5. The highest BCUT2D eigenvalue weighted by molar-refractivity contribution is 5.99. The van der Waals surface area contributed by atoms with Crippen molar-refractivity contribution in [3.63, 3.8) is 0 Å². The Kier molecular flexibility index (Phi) is 4.70. The Labute approximate surface area is 96.1 Å². The van der Waals surface area contributed by atoms with Crippen LogP contribution in [0.15, 0.2) is 29.4 Å². The van der Waals surface area contributed by atoms with Crippen LogP contribution in [0.2, 0.25) is 0 Å². The first kappa shape index (κ1) is 12.4. The van der Waals surface area contributed by atoms with Crippen LogP contribution in [0, 0.1) is 0 Å². The molecule has 0 aromatic heterocycles. The minimum Gasteiger partial charge on any atom is -0.399 e. The van der Waals surface area contributed by atoms with Gasteiger partial charge in [0.25, 0.3) is 0 Å². The second-order valence-electron chi connectivity index (χ2n) is 3.72. The number of hydrogen-bond acceptors (Lipinski definition) is 3. The minimum absolute atomic E-state index is 0.205. The number of Topliss-reactive ketones (excluding diaryl/α,β-unsaturated/α-hetero) is 1. The Morgan fingerprint density at radius 3 is 2.62 bits per heavy atom. The molecule has 0 aliphatic heterocycles. The van der Waals surface area contributed by atoms with Gasteiger partial charge in [0.05, 0.1) is 5.71 Å². The molecule has 0 aliphatic rings. The van der Waals surface area contributed by atoms with Gasteiger partial charge in [-0.15, -0.1) is 0 Å². The van der Waals surface area contributed by atoms with E-state index in [-0.39, 0.29) is 5.78 Å². The average Bonchev–Trinajstić information content (AvgIpc) is 2.27. The van der Waals surface area contributed by atoms with E-state index in [0.29, 0.717) is 6.42 Å². The molecule has 0 spiro atoms. The molecule has 0 saturated heterocycles. The lowest BCUT2D eigenvalue weighted by Crippen LogP contribution is -2.03. The minimum atomic E-state index is 0.205. The van der Waals surface area contributed by atoms with Crippen LogP contribution in [0.4, 0.5) is 0 Å². The third kappa shape index (κ3) is 3.50. The number of oxime groups is 1. The molecule has 1 rings (SSSR count). The van der Waals surface area contributed by atoms with Crippen molar-refractivity contribution in [2.75, 3.05) is 7.11 Å². The van der Waals surface area contributed by atoms with Crippen molar-refractivity contribution in [3.8, 4) is 0 Å². The van der Waals surface area contributed by atoms with Crippen molar-refractivity contribution < 1.29 is 9.63 Å². The molecular weight excluding hydrogens is 202 g/mol. The molecule has 86 valence electrons. The maximum Gasteiger partial charge on any atom is 0.130 e. The molecule has 0 bridgehead atoms. The van der Waals surface area contributed by atoms with Crippen molar-refractivity contribution in [2.45, 2.75) is 26.7 Å². The van der Waals surface area contributed by atoms with E-state index < -0.39 is 0 Å². The zero-order valence-corrected chi connectivity index (χ0v) is 9.99. The fourth-order valence-electron chi connectivity index (χ4n) is 1.59. The van der Waals surface area contributed by atoms with Crippen LogP contribution in [-0.4, -0.2) is 18.6 Å². The van der Waals surface area contributed by atoms with Crippen molar-refractivity contribution in [2.24, 2.45) is 5.16 Å². The fourth-order valence-corrected chi connectivity index (χ4v) is 1.59. The SMILES string of the molecule is CO/N=C(\C)c1ccccc1CCC(C)=O. The number of carbonyl (C=O) groups excluding carboxylic acids is 1. The highest BCUT2D eigenvalue weighted by Crippen LogP contribution is 2.12. The van der Waals surface area contributed by atoms with Crippen LogP contribution < -0.4 is 0 Å². The van der Waals surface area contributed by atoms with Crippen molar-refractivity contribution >= 4 is 11.5 Å². The Bertz CT molecular complexity index is 397. The van der Waals surface area contributed by atoms with Gasteiger partial charge in [-0.1, -0.05) is 29.4 Å². The Balaban J connectivity index is 2.91. The molecular formula is C13H17NO2. The molecule has 1 aromatic rings. The van der Waals surface area contributed by atoms with E-state index in [0.717, 1.165) is 23.3 Å². The maximum atomic E-state index is 11.0. The van der Waals surface area contributed by atoms with Gasteiger partial charge in [-0.05, 0) is 25.8 Å². The van der Waals surface area contributed by atoms with E-state index in [9.17, 15) is 4.79 Å². The van der Waals surface area contributed by atoms with E-state index >= 15 is 0 Å². The van der Waals surface area contributed by atoms with Crippen molar-refractivity contribution in [1.29, 1.82) is 0 Å². The second kappa shape index (κ2) is 6.05. The lowest BCUT2D eigenvalue weighted by Gasteiger charge is -2.07. The molecule has 0 saturated carbocycles. The Morgan fingerprint density at radius 1 is 1.31 bits per heavy atom. The first-order valence-corrected chi connectivity index (χ1v) is 5.30. The van der Waals surface area contributed by atoms with Gasteiger partial charge in [0.15, 0.2) is 0 Å². The van der Waals surface area contributed by atoms with Crippen LogP contribution in [0.3, 0.4) is 0 Å². The number of ketones is 1. The lowest BCUT2D eigenvalue weighted by atomic mass is 9.99. The molecule has 0 unspecified atom stereocenters. The molecule has 3 heteroatoms. The topological polar surface area (TPSA) is 38.7 Å². The zero-order valence-electron chi connectivity index (χ0n) is 9.99. The highest BCUT2D eigenvalue weighted by Gasteiger charge is 2.06. The normalized spacial score (nSPS) is 11.3. The van der Waals surface area contributed by atoms with Crippen molar-refractivity contribution in [1.82, 2.24) is 0 Å². The molecule has 1 aromatic carbocycles. The van der Waals surface area contributed by atoms with Gasteiger partial charge < -0.3 is 9.63 Å².